The van der Waals surface area contributed by atoms with Crippen molar-refractivity contribution in [3.8, 4) is 11.5 Å². The van der Waals surface area contributed by atoms with Crippen LogP contribution in [0.3, 0.4) is 0 Å². The Morgan fingerprint density at radius 3 is 2.42 bits per heavy atom. The van der Waals surface area contributed by atoms with Crippen LogP contribution in [0.5, 0.6) is 11.5 Å². The smallest absolute Gasteiger partial charge is 0.239 e. The Labute approximate surface area is 191 Å². The number of benzene rings is 2. The highest BCUT2D eigenvalue weighted by atomic mass is 35.5. The average Bonchev–Trinajstić information content (AvgIpc) is 2.76. The SMILES string of the molecule is NC(=O)C(c1ccc(Cl)cc1)N1CCN(CC(O)C2COc3cc(Cl)ccc3O2)CC1. The first kappa shape index (κ1) is 22.2. The fourth-order valence-corrected chi connectivity index (χ4v) is 4.33. The fourth-order valence-electron chi connectivity index (χ4n) is 4.04. The van der Waals surface area contributed by atoms with E-state index in [0.29, 0.717) is 54.3 Å². The van der Waals surface area contributed by atoms with Crippen molar-refractivity contribution in [2.75, 3.05) is 39.3 Å². The molecule has 1 saturated heterocycles. The zero-order valence-corrected chi connectivity index (χ0v) is 18.4. The van der Waals surface area contributed by atoms with E-state index in [1.54, 1.807) is 30.3 Å². The third-order valence-corrected chi connectivity index (χ3v) is 6.18. The molecule has 1 fully saturated rings. The molecule has 0 spiro atoms. The van der Waals surface area contributed by atoms with E-state index >= 15 is 0 Å². The average molecular weight is 466 g/mol. The van der Waals surface area contributed by atoms with E-state index in [-0.39, 0.29) is 12.5 Å². The number of rotatable bonds is 6. The van der Waals surface area contributed by atoms with Crippen molar-refractivity contribution in [2.45, 2.75) is 18.2 Å². The van der Waals surface area contributed by atoms with Gasteiger partial charge in [-0.05, 0) is 29.8 Å². The first-order valence-electron chi connectivity index (χ1n) is 10.2. The second-order valence-corrected chi connectivity index (χ2v) is 8.69. The Bertz CT molecular complexity index is 919. The summed E-state index contributed by atoms with van der Waals surface area (Å²) in [6.45, 7) is 3.43. The lowest BCUT2D eigenvalue weighted by molar-refractivity contribution is -0.124. The molecule has 2 aromatic rings. The summed E-state index contributed by atoms with van der Waals surface area (Å²) in [5.41, 5.74) is 6.52. The highest BCUT2D eigenvalue weighted by Crippen LogP contribution is 2.34. The molecule has 3 N–H and O–H groups in total. The molecule has 1 amide bonds. The third kappa shape index (κ3) is 5.25. The highest BCUT2D eigenvalue weighted by Gasteiger charge is 2.32. The van der Waals surface area contributed by atoms with Gasteiger partial charge in [-0.25, -0.2) is 0 Å². The Kier molecular flexibility index (Phi) is 6.89. The minimum Gasteiger partial charge on any atom is -0.486 e. The molecule has 2 aliphatic heterocycles. The maximum absolute atomic E-state index is 12.1. The van der Waals surface area contributed by atoms with Crippen LogP contribution in [-0.2, 0) is 4.79 Å². The van der Waals surface area contributed by atoms with E-state index in [0.717, 1.165) is 5.56 Å². The maximum atomic E-state index is 12.1. The summed E-state index contributed by atoms with van der Waals surface area (Å²) < 4.78 is 11.6. The molecule has 0 aliphatic carbocycles. The topological polar surface area (TPSA) is 88.3 Å². The van der Waals surface area contributed by atoms with E-state index in [4.69, 9.17) is 38.4 Å². The van der Waals surface area contributed by atoms with Crippen molar-refractivity contribution in [3.05, 3.63) is 58.1 Å². The van der Waals surface area contributed by atoms with Crippen molar-refractivity contribution in [3.63, 3.8) is 0 Å². The van der Waals surface area contributed by atoms with Gasteiger partial charge in [0.25, 0.3) is 0 Å². The van der Waals surface area contributed by atoms with Gasteiger partial charge in [-0.2, -0.15) is 0 Å². The fraction of sp³-hybridized carbons (Fsp3) is 0.409. The van der Waals surface area contributed by atoms with Crippen LogP contribution in [0.15, 0.2) is 42.5 Å². The molecular formula is C22H25Cl2N3O4. The largest absolute Gasteiger partial charge is 0.486 e. The van der Waals surface area contributed by atoms with Gasteiger partial charge in [0.1, 0.15) is 18.8 Å². The molecule has 9 heteroatoms. The second kappa shape index (κ2) is 9.63. The number of primary amides is 1. The van der Waals surface area contributed by atoms with Crippen LogP contribution in [0.1, 0.15) is 11.6 Å². The number of aliphatic hydroxyl groups is 1. The monoisotopic (exact) mass is 465 g/mol. The molecule has 3 atom stereocenters. The number of amides is 1. The van der Waals surface area contributed by atoms with Gasteiger partial charge in [0.15, 0.2) is 17.6 Å². The zero-order valence-electron chi connectivity index (χ0n) is 16.9. The summed E-state index contributed by atoms with van der Waals surface area (Å²) in [7, 11) is 0. The van der Waals surface area contributed by atoms with Gasteiger partial charge in [-0.3, -0.25) is 14.6 Å². The lowest BCUT2D eigenvalue weighted by Gasteiger charge is -2.40. The summed E-state index contributed by atoms with van der Waals surface area (Å²) in [5.74, 6) is 0.781. The Hall–Kier alpha value is -2.03. The van der Waals surface area contributed by atoms with Gasteiger partial charge in [-0.1, -0.05) is 35.3 Å². The van der Waals surface area contributed by atoms with Crippen LogP contribution in [0.4, 0.5) is 0 Å². The number of hydrogen-bond acceptors (Lipinski definition) is 6. The van der Waals surface area contributed by atoms with Gasteiger partial charge in [-0.15, -0.1) is 0 Å². The van der Waals surface area contributed by atoms with Crippen molar-refractivity contribution >= 4 is 29.1 Å². The molecule has 3 unspecified atom stereocenters. The molecule has 0 bridgehead atoms. The highest BCUT2D eigenvalue weighted by molar-refractivity contribution is 6.31. The number of hydrogen-bond donors (Lipinski definition) is 2. The molecule has 2 aromatic carbocycles. The molecule has 0 aromatic heterocycles. The van der Waals surface area contributed by atoms with E-state index < -0.39 is 18.2 Å². The molecular weight excluding hydrogens is 441 g/mol. The summed E-state index contributed by atoms with van der Waals surface area (Å²) in [4.78, 5) is 16.3. The molecule has 2 heterocycles. The molecule has 166 valence electrons. The van der Waals surface area contributed by atoms with Gasteiger partial charge < -0.3 is 20.3 Å². The first-order chi connectivity index (χ1) is 14.9. The van der Waals surface area contributed by atoms with Gasteiger partial charge in [0, 0.05) is 48.8 Å². The molecule has 0 saturated carbocycles. The minimum atomic E-state index is -0.710. The predicted molar refractivity (Wildman–Crippen MR) is 119 cm³/mol. The molecule has 2 aliphatic rings. The lowest BCUT2D eigenvalue weighted by atomic mass is 10.0. The number of ether oxygens (including phenoxy) is 2. The predicted octanol–water partition coefficient (Wildman–Crippen LogP) is 2.34. The minimum absolute atomic E-state index is 0.259. The second-order valence-electron chi connectivity index (χ2n) is 7.82. The van der Waals surface area contributed by atoms with Crippen molar-refractivity contribution < 1.29 is 19.4 Å². The van der Waals surface area contributed by atoms with Crippen LogP contribution >= 0.6 is 23.2 Å². The number of piperazine rings is 1. The molecule has 0 radical (unpaired) electrons. The number of fused-ring (bicyclic) bond motifs is 1. The first-order valence-corrected chi connectivity index (χ1v) is 10.9. The third-order valence-electron chi connectivity index (χ3n) is 5.69. The van der Waals surface area contributed by atoms with Crippen molar-refractivity contribution in [1.29, 1.82) is 0 Å². The quantitative estimate of drug-likeness (QED) is 0.680. The number of β-amino-alcohol motifs (C(OH)–C–C–N with tert-alkyl or cyclic N) is 1. The van der Waals surface area contributed by atoms with Gasteiger partial charge in [0.05, 0.1) is 0 Å². The molecule has 31 heavy (non-hydrogen) atoms. The number of carbonyl (C=O) groups is 1. The summed E-state index contributed by atoms with van der Waals surface area (Å²) >= 11 is 11.9. The number of halogens is 2. The Balaban J connectivity index is 1.32. The summed E-state index contributed by atoms with van der Waals surface area (Å²) in [6, 6.07) is 11.9. The van der Waals surface area contributed by atoms with E-state index in [1.165, 1.54) is 0 Å². The van der Waals surface area contributed by atoms with Crippen LogP contribution in [0.2, 0.25) is 10.0 Å². The Morgan fingerprint density at radius 2 is 1.74 bits per heavy atom. The van der Waals surface area contributed by atoms with Crippen LogP contribution < -0.4 is 15.2 Å². The number of carbonyl (C=O) groups excluding carboxylic acids is 1. The lowest BCUT2D eigenvalue weighted by Crippen LogP contribution is -2.54. The normalized spacial score (nSPS) is 21.5. The van der Waals surface area contributed by atoms with Crippen LogP contribution in [0, 0.1) is 0 Å². The zero-order chi connectivity index (χ0) is 22.0. The van der Waals surface area contributed by atoms with Crippen molar-refractivity contribution in [1.82, 2.24) is 9.80 Å². The van der Waals surface area contributed by atoms with Crippen LogP contribution in [0.25, 0.3) is 0 Å². The van der Waals surface area contributed by atoms with Crippen LogP contribution in [-0.4, -0.2) is 72.4 Å². The summed E-state index contributed by atoms with van der Waals surface area (Å²) in [6.07, 6.45) is -1.17. The standard InChI is InChI=1S/C22H25Cl2N3O4/c23-15-3-1-14(2-4-15)21(22(25)29)27-9-7-26(8-10-27)12-17(28)20-13-30-19-11-16(24)5-6-18(19)31-20/h1-6,11,17,20-21,28H,7-10,12-13H2,(H2,25,29). The van der Waals surface area contributed by atoms with Gasteiger partial charge >= 0.3 is 0 Å². The van der Waals surface area contributed by atoms with Crippen molar-refractivity contribution in [2.24, 2.45) is 5.73 Å². The Morgan fingerprint density at radius 1 is 1.06 bits per heavy atom. The molecule has 4 rings (SSSR count). The van der Waals surface area contributed by atoms with E-state index in [9.17, 15) is 9.90 Å². The molecule has 7 nitrogen and oxygen atoms in total. The maximum Gasteiger partial charge on any atom is 0.239 e. The number of aliphatic hydroxyl groups excluding tert-OH is 1. The number of nitrogens with two attached hydrogens (primary N) is 1. The van der Waals surface area contributed by atoms with Gasteiger partial charge in [0.2, 0.25) is 5.91 Å². The summed E-state index contributed by atoms with van der Waals surface area (Å²) in [5, 5.41) is 11.9. The van der Waals surface area contributed by atoms with E-state index in [1.807, 2.05) is 12.1 Å². The van der Waals surface area contributed by atoms with E-state index in [2.05, 4.69) is 9.80 Å². The number of nitrogens with zero attached hydrogens (tertiary/aromatic N) is 2.